The van der Waals surface area contributed by atoms with Crippen LogP contribution in [0.5, 0.6) is 11.5 Å². The van der Waals surface area contributed by atoms with Crippen molar-refractivity contribution in [3.05, 3.63) is 86.7 Å². The predicted octanol–water partition coefficient (Wildman–Crippen LogP) is 6.31. The molecule has 4 aromatic rings. The topological polar surface area (TPSA) is 104 Å². The lowest BCUT2D eigenvalue weighted by molar-refractivity contribution is -0.385. The number of ether oxygens (including phenoxy) is 2. The fourth-order valence-corrected chi connectivity index (χ4v) is 4.47. The van der Waals surface area contributed by atoms with E-state index >= 15 is 0 Å². The predicted molar refractivity (Wildman–Crippen MR) is 132 cm³/mol. The lowest BCUT2D eigenvalue weighted by Gasteiger charge is -2.11. The van der Waals surface area contributed by atoms with Crippen LogP contribution in [0.25, 0.3) is 21.8 Å². The molecule has 3 aromatic carbocycles. The molecule has 0 unspecified atom stereocenters. The van der Waals surface area contributed by atoms with Gasteiger partial charge in [-0.3, -0.25) is 14.9 Å². The number of nitro groups is 1. The molecule has 8 nitrogen and oxygen atoms in total. The number of halogens is 1. The molecule has 1 amide bonds. The van der Waals surface area contributed by atoms with Gasteiger partial charge in [-0.2, -0.15) is 0 Å². The maximum Gasteiger partial charge on any atom is 0.286 e. The van der Waals surface area contributed by atoms with E-state index in [1.807, 2.05) is 35.7 Å². The molecule has 0 saturated carbocycles. The van der Waals surface area contributed by atoms with Crippen LogP contribution in [-0.2, 0) is 0 Å². The normalized spacial score (nSPS) is 10.6. The van der Waals surface area contributed by atoms with Gasteiger partial charge in [0, 0.05) is 28.3 Å². The number of hydrogen-bond donors (Lipinski definition) is 1. The van der Waals surface area contributed by atoms with Gasteiger partial charge in [-0.15, -0.1) is 11.3 Å². The number of rotatable bonds is 7. The summed E-state index contributed by atoms with van der Waals surface area (Å²) in [6, 6.07) is 17.0. The summed E-state index contributed by atoms with van der Waals surface area (Å²) < 4.78 is 10.3. The van der Waals surface area contributed by atoms with Gasteiger partial charge in [-0.05, 0) is 18.2 Å². The van der Waals surface area contributed by atoms with Crippen LogP contribution < -0.4 is 14.8 Å². The number of anilines is 1. The molecule has 1 N–H and O–H groups in total. The van der Waals surface area contributed by atoms with E-state index in [4.69, 9.17) is 21.1 Å². The molecule has 0 aliphatic carbocycles. The Morgan fingerprint density at radius 2 is 1.79 bits per heavy atom. The monoisotopic (exact) mass is 495 g/mol. The molecule has 1 heterocycles. The third-order valence-electron chi connectivity index (χ3n) is 4.97. The molecule has 172 valence electrons. The number of benzene rings is 3. The van der Waals surface area contributed by atoms with Crippen molar-refractivity contribution in [3.63, 3.8) is 0 Å². The van der Waals surface area contributed by atoms with E-state index in [9.17, 15) is 14.9 Å². The zero-order valence-corrected chi connectivity index (χ0v) is 19.6. The summed E-state index contributed by atoms with van der Waals surface area (Å²) in [7, 11) is 2.75. The van der Waals surface area contributed by atoms with Gasteiger partial charge in [0.25, 0.3) is 11.6 Å². The number of aromatic nitrogens is 1. The van der Waals surface area contributed by atoms with Gasteiger partial charge in [-0.25, -0.2) is 4.98 Å². The van der Waals surface area contributed by atoms with Gasteiger partial charge in [0.15, 0.2) is 11.5 Å². The molecule has 0 fully saturated rings. The number of methoxy groups -OCH3 is 2. The van der Waals surface area contributed by atoms with Crippen molar-refractivity contribution in [2.75, 3.05) is 19.5 Å². The highest BCUT2D eigenvalue weighted by atomic mass is 35.5. The van der Waals surface area contributed by atoms with Crippen molar-refractivity contribution in [1.29, 1.82) is 0 Å². The number of amides is 1. The van der Waals surface area contributed by atoms with E-state index in [1.165, 1.54) is 31.6 Å². The summed E-state index contributed by atoms with van der Waals surface area (Å²) in [6.45, 7) is 0. The first-order chi connectivity index (χ1) is 16.4. The standard InChI is InChI=1S/C24H18ClN3O5S/c1-32-21-11-17(20(28(30)31)12-22(21)33-2)23(29)26-15-7-5-6-14(10-15)19-13-34-24(27-19)16-8-3-4-9-18(16)25/h3-13H,1-2H3,(H,26,29). The fourth-order valence-electron chi connectivity index (χ4n) is 3.32. The highest BCUT2D eigenvalue weighted by molar-refractivity contribution is 7.13. The van der Waals surface area contributed by atoms with E-state index in [1.54, 1.807) is 18.2 Å². The molecule has 10 heteroatoms. The molecule has 0 radical (unpaired) electrons. The smallest absolute Gasteiger partial charge is 0.286 e. The van der Waals surface area contributed by atoms with Crippen LogP contribution >= 0.6 is 22.9 Å². The molecule has 0 saturated heterocycles. The van der Waals surface area contributed by atoms with E-state index in [0.29, 0.717) is 16.4 Å². The fraction of sp³-hybridized carbons (Fsp3) is 0.0833. The summed E-state index contributed by atoms with van der Waals surface area (Å²) in [4.78, 5) is 28.5. The summed E-state index contributed by atoms with van der Waals surface area (Å²) in [6.07, 6.45) is 0. The molecule has 0 bridgehead atoms. The van der Waals surface area contributed by atoms with Crippen LogP contribution in [-0.4, -0.2) is 30.0 Å². The Morgan fingerprint density at radius 3 is 2.50 bits per heavy atom. The molecular weight excluding hydrogens is 478 g/mol. The molecule has 0 aliphatic rings. The molecule has 0 aliphatic heterocycles. The first-order valence-corrected chi connectivity index (χ1v) is 11.2. The minimum absolute atomic E-state index is 0.150. The molecule has 1 aromatic heterocycles. The maximum absolute atomic E-state index is 12.9. The van der Waals surface area contributed by atoms with Crippen molar-refractivity contribution >= 4 is 40.2 Å². The summed E-state index contributed by atoms with van der Waals surface area (Å²) in [5.41, 5.74) is 2.24. The van der Waals surface area contributed by atoms with Crippen molar-refractivity contribution in [1.82, 2.24) is 4.98 Å². The summed E-state index contributed by atoms with van der Waals surface area (Å²) in [5, 5.41) is 17.5. The minimum atomic E-state index is -0.653. The van der Waals surface area contributed by atoms with Gasteiger partial charge in [-0.1, -0.05) is 41.9 Å². The number of thiazole rings is 1. The number of carbonyl (C=O) groups is 1. The van der Waals surface area contributed by atoms with E-state index in [-0.39, 0.29) is 17.1 Å². The van der Waals surface area contributed by atoms with Gasteiger partial charge in [0.1, 0.15) is 10.6 Å². The number of nitrogens with zero attached hydrogens (tertiary/aromatic N) is 2. The molecule has 0 atom stereocenters. The van der Waals surface area contributed by atoms with Crippen molar-refractivity contribution in [3.8, 4) is 33.3 Å². The Kier molecular flexibility index (Phi) is 6.76. The average molecular weight is 496 g/mol. The zero-order valence-electron chi connectivity index (χ0n) is 18.1. The van der Waals surface area contributed by atoms with Gasteiger partial charge in [0.2, 0.25) is 0 Å². The Morgan fingerprint density at radius 1 is 1.06 bits per heavy atom. The van der Waals surface area contributed by atoms with E-state index in [2.05, 4.69) is 10.3 Å². The number of nitro benzene ring substituents is 1. The SMILES string of the molecule is COc1cc(C(=O)Nc2cccc(-c3csc(-c4ccccc4Cl)n3)c2)c([N+](=O)[O-])cc1OC. The van der Waals surface area contributed by atoms with Crippen LogP contribution in [0.1, 0.15) is 10.4 Å². The molecule has 4 rings (SSSR count). The van der Waals surface area contributed by atoms with Crippen LogP contribution in [0.2, 0.25) is 5.02 Å². The number of hydrogen-bond acceptors (Lipinski definition) is 7. The minimum Gasteiger partial charge on any atom is -0.493 e. The third kappa shape index (κ3) is 4.70. The van der Waals surface area contributed by atoms with Gasteiger partial charge >= 0.3 is 0 Å². The van der Waals surface area contributed by atoms with Crippen molar-refractivity contribution in [2.45, 2.75) is 0 Å². The lowest BCUT2D eigenvalue weighted by atomic mass is 10.1. The third-order valence-corrected chi connectivity index (χ3v) is 6.17. The highest BCUT2D eigenvalue weighted by Crippen LogP contribution is 2.36. The van der Waals surface area contributed by atoms with E-state index in [0.717, 1.165) is 22.2 Å². The van der Waals surface area contributed by atoms with Crippen LogP contribution in [0.4, 0.5) is 11.4 Å². The number of carbonyl (C=O) groups excluding carboxylic acids is 1. The second-order valence-corrected chi connectivity index (χ2v) is 8.30. The molecule has 34 heavy (non-hydrogen) atoms. The van der Waals surface area contributed by atoms with Gasteiger partial charge < -0.3 is 14.8 Å². The zero-order chi connectivity index (χ0) is 24.2. The molecule has 0 spiro atoms. The number of nitrogens with one attached hydrogen (secondary N) is 1. The second kappa shape index (κ2) is 9.90. The van der Waals surface area contributed by atoms with Gasteiger partial charge in [0.05, 0.1) is 35.9 Å². The van der Waals surface area contributed by atoms with Crippen molar-refractivity contribution in [2.24, 2.45) is 0 Å². The molecular formula is C24H18ClN3O5S. The summed E-state index contributed by atoms with van der Waals surface area (Å²) in [5.74, 6) is -0.285. The first kappa shape index (κ1) is 23.2. The van der Waals surface area contributed by atoms with Crippen molar-refractivity contribution < 1.29 is 19.2 Å². The lowest BCUT2D eigenvalue weighted by Crippen LogP contribution is -2.14. The Hall–Kier alpha value is -3.95. The second-order valence-electron chi connectivity index (χ2n) is 7.03. The Bertz CT molecular complexity index is 1390. The summed E-state index contributed by atoms with van der Waals surface area (Å²) >= 11 is 7.74. The first-order valence-electron chi connectivity index (χ1n) is 9.94. The maximum atomic E-state index is 12.9. The Balaban J connectivity index is 1.62. The Labute approximate surface area is 203 Å². The van der Waals surface area contributed by atoms with Crippen LogP contribution in [0, 0.1) is 10.1 Å². The quantitative estimate of drug-likeness (QED) is 0.238. The highest BCUT2D eigenvalue weighted by Gasteiger charge is 2.25. The largest absolute Gasteiger partial charge is 0.493 e. The van der Waals surface area contributed by atoms with Crippen LogP contribution in [0.3, 0.4) is 0 Å². The van der Waals surface area contributed by atoms with E-state index < -0.39 is 16.5 Å². The average Bonchev–Trinajstić information content (AvgIpc) is 3.33. The van der Waals surface area contributed by atoms with Crippen LogP contribution in [0.15, 0.2) is 66.0 Å².